The first kappa shape index (κ1) is 30.5. The Labute approximate surface area is 263 Å². The molecule has 6 rings (SSSR count). The number of carbonyl (C=O) groups excluding carboxylic acids is 3. The van der Waals surface area contributed by atoms with E-state index in [0.717, 1.165) is 28.0 Å². The van der Waals surface area contributed by atoms with Crippen molar-refractivity contribution in [3.05, 3.63) is 92.7 Å². The highest BCUT2D eigenvalue weighted by molar-refractivity contribution is 8.00. The van der Waals surface area contributed by atoms with E-state index in [9.17, 15) is 32.0 Å². The predicted octanol–water partition coefficient (Wildman–Crippen LogP) is 3.04. The SMILES string of the molecule is COc1cc([C@@H]2c3sc(=O)[nH]c3S[C@H]3C(=O)N(c4ccc(F)cc4)C(=O)[C@@H]23)ccc1OCC(=O)Nc1ccc(S(N)(=O)=O)cc1. The van der Waals surface area contributed by atoms with Gasteiger partial charge in [0.25, 0.3) is 5.91 Å². The number of H-pyrrole nitrogens is 1. The summed E-state index contributed by atoms with van der Waals surface area (Å²) in [4.78, 5) is 56.3. The molecule has 2 aliphatic rings. The second kappa shape index (κ2) is 11.8. The van der Waals surface area contributed by atoms with Crippen LogP contribution in [0.4, 0.5) is 15.8 Å². The number of hydrogen-bond donors (Lipinski definition) is 3. The number of hydrogen-bond acceptors (Lipinski definition) is 10. The lowest BCUT2D eigenvalue weighted by Crippen LogP contribution is -2.32. The molecule has 4 aromatic rings. The van der Waals surface area contributed by atoms with Crippen LogP contribution in [0, 0.1) is 11.7 Å². The highest BCUT2D eigenvalue weighted by Gasteiger charge is 2.56. The molecule has 0 saturated carbocycles. The van der Waals surface area contributed by atoms with Gasteiger partial charge >= 0.3 is 4.87 Å². The summed E-state index contributed by atoms with van der Waals surface area (Å²) in [5, 5.41) is 7.34. The first-order valence-corrected chi connectivity index (χ1v) is 16.5. The van der Waals surface area contributed by atoms with E-state index >= 15 is 0 Å². The maximum absolute atomic E-state index is 13.8. The van der Waals surface area contributed by atoms with Crippen molar-refractivity contribution in [3.8, 4) is 11.5 Å². The van der Waals surface area contributed by atoms with E-state index in [1.165, 1.54) is 55.6 Å². The van der Waals surface area contributed by atoms with E-state index in [1.807, 2.05) is 0 Å². The molecule has 3 heterocycles. The first-order chi connectivity index (χ1) is 21.4. The molecule has 1 fully saturated rings. The number of nitrogens with zero attached hydrogens (tertiary/aromatic N) is 1. The minimum atomic E-state index is -3.88. The lowest BCUT2D eigenvalue weighted by molar-refractivity contribution is -0.122. The molecule has 3 atom stereocenters. The number of thioether (sulfide) groups is 1. The number of fused-ring (bicyclic) bond motifs is 2. The largest absolute Gasteiger partial charge is 0.493 e. The number of ether oxygens (including phenoxy) is 2. The number of thiazole rings is 1. The van der Waals surface area contributed by atoms with Crippen molar-refractivity contribution in [3.63, 3.8) is 0 Å². The summed E-state index contributed by atoms with van der Waals surface area (Å²) in [6.45, 7) is -0.416. The van der Waals surface area contributed by atoms with Crippen LogP contribution in [0.2, 0.25) is 0 Å². The van der Waals surface area contributed by atoms with Gasteiger partial charge in [-0.15, -0.1) is 0 Å². The van der Waals surface area contributed by atoms with Crippen molar-refractivity contribution in [2.24, 2.45) is 11.1 Å². The van der Waals surface area contributed by atoms with Gasteiger partial charge in [0.15, 0.2) is 18.1 Å². The number of sulfonamides is 1. The molecule has 3 amide bonds. The standard InChI is InChI=1S/C29H23FN4O8S3/c1-41-20-12-14(2-11-19(20)42-13-21(35)32-16-5-9-18(10-6-16)45(31,39)40)22-23-25(43-26-24(22)44-29(38)33-26)28(37)34(27(23)36)17-7-3-15(30)4-8-17/h2-12,22-23,25H,13H2,1H3,(H,32,35)(H,33,38)(H2,31,39,40)/t22-,23-,25+/m0/s1. The van der Waals surface area contributed by atoms with Gasteiger partial charge in [0.05, 0.1) is 28.6 Å². The molecule has 12 nitrogen and oxygen atoms in total. The average molecular weight is 671 g/mol. The normalized spacial score (nSPS) is 19.2. The third-order valence-corrected chi connectivity index (χ3v) is 10.6. The Morgan fingerprint density at radius 2 is 1.73 bits per heavy atom. The molecule has 232 valence electrons. The minimum Gasteiger partial charge on any atom is -0.493 e. The summed E-state index contributed by atoms with van der Waals surface area (Å²) in [7, 11) is -2.47. The minimum absolute atomic E-state index is 0.102. The van der Waals surface area contributed by atoms with Crippen LogP contribution in [-0.4, -0.2) is 50.1 Å². The fourth-order valence-electron chi connectivity index (χ4n) is 5.29. The molecule has 45 heavy (non-hydrogen) atoms. The number of benzene rings is 3. The number of aromatic nitrogens is 1. The molecule has 3 aromatic carbocycles. The van der Waals surface area contributed by atoms with Gasteiger partial charge < -0.3 is 19.8 Å². The number of halogens is 1. The molecule has 1 aromatic heterocycles. The number of rotatable bonds is 8. The summed E-state index contributed by atoms with van der Waals surface area (Å²) in [6, 6.07) is 15.2. The summed E-state index contributed by atoms with van der Waals surface area (Å²) < 4.78 is 47.7. The summed E-state index contributed by atoms with van der Waals surface area (Å²) in [5.74, 6) is -3.09. The second-order valence-electron chi connectivity index (χ2n) is 10.1. The van der Waals surface area contributed by atoms with E-state index in [1.54, 1.807) is 18.2 Å². The third kappa shape index (κ3) is 5.84. The van der Waals surface area contributed by atoms with Gasteiger partial charge in [0.2, 0.25) is 21.8 Å². The number of primary sulfonamides is 1. The van der Waals surface area contributed by atoms with Crippen molar-refractivity contribution in [1.29, 1.82) is 0 Å². The quantitative estimate of drug-likeness (QED) is 0.238. The number of aromatic amines is 1. The van der Waals surface area contributed by atoms with Crippen LogP contribution in [0.5, 0.6) is 11.5 Å². The topological polar surface area (TPSA) is 178 Å². The van der Waals surface area contributed by atoms with Crippen LogP contribution in [0.15, 0.2) is 81.4 Å². The zero-order valence-corrected chi connectivity index (χ0v) is 25.6. The number of methoxy groups -OCH3 is 1. The van der Waals surface area contributed by atoms with Crippen molar-refractivity contribution in [2.75, 3.05) is 23.9 Å². The Morgan fingerprint density at radius 3 is 2.40 bits per heavy atom. The Morgan fingerprint density at radius 1 is 1.02 bits per heavy atom. The smallest absolute Gasteiger partial charge is 0.305 e. The molecule has 0 radical (unpaired) electrons. The van der Waals surface area contributed by atoms with Crippen LogP contribution >= 0.6 is 23.1 Å². The van der Waals surface area contributed by atoms with Crippen molar-refractivity contribution < 1.29 is 36.7 Å². The van der Waals surface area contributed by atoms with E-state index in [2.05, 4.69) is 10.3 Å². The Kier molecular flexibility index (Phi) is 7.98. The first-order valence-electron chi connectivity index (χ1n) is 13.2. The van der Waals surface area contributed by atoms with E-state index in [0.29, 0.717) is 21.2 Å². The number of carbonyl (C=O) groups is 3. The van der Waals surface area contributed by atoms with Crippen molar-refractivity contribution >= 4 is 62.2 Å². The van der Waals surface area contributed by atoms with Crippen LogP contribution in [0.1, 0.15) is 16.4 Å². The zero-order chi connectivity index (χ0) is 32.0. The summed E-state index contributed by atoms with van der Waals surface area (Å²) in [5.41, 5.74) is 1.15. The van der Waals surface area contributed by atoms with Gasteiger partial charge in [0, 0.05) is 16.5 Å². The van der Waals surface area contributed by atoms with E-state index in [-0.39, 0.29) is 27.0 Å². The van der Waals surface area contributed by atoms with Gasteiger partial charge in [-0.25, -0.2) is 22.8 Å². The van der Waals surface area contributed by atoms with Crippen molar-refractivity contribution in [1.82, 2.24) is 4.98 Å². The fraction of sp³-hybridized carbons (Fsp3) is 0.172. The predicted molar refractivity (Wildman–Crippen MR) is 164 cm³/mol. The third-order valence-electron chi connectivity index (χ3n) is 7.28. The maximum atomic E-state index is 13.8. The molecular weight excluding hydrogens is 648 g/mol. The van der Waals surface area contributed by atoms with Crippen LogP contribution in [-0.2, 0) is 24.4 Å². The number of nitrogens with two attached hydrogens (primary N) is 1. The Balaban J connectivity index is 1.25. The summed E-state index contributed by atoms with van der Waals surface area (Å²) in [6.07, 6.45) is 0. The molecule has 0 aliphatic carbocycles. The average Bonchev–Trinajstić information content (AvgIpc) is 3.50. The lowest BCUT2D eigenvalue weighted by atomic mass is 9.83. The Hall–Kier alpha value is -4.51. The molecule has 16 heteroatoms. The van der Waals surface area contributed by atoms with Crippen LogP contribution < -0.4 is 29.7 Å². The lowest BCUT2D eigenvalue weighted by Gasteiger charge is -2.30. The summed E-state index contributed by atoms with van der Waals surface area (Å²) >= 11 is 2.07. The maximum Gasteiger partial charge on any atom is 0.305 e. The molecular formula is C29H23FN4O8S3. The van der Waals surface area contributed by atoms with Gasteiger partial charge in [-0.05, 0) is 66.2 Å². The number of amides is 3. The number of nitrogens with one attached hydrogen (secondary N) is 2. The monoisotopic (exact) mass is 670 g/mol. The zero-order valence-electron chi connectivity index (χ0n) is 23.2. The van der Waals surface area contributed by atoms with Gasteiger partial charge in [-0.1, -0.05) is 29.2 Å². The molecule has 2 aliphatic heterocycles. The number of anilines is 2. The van der Waals surface area contributed by atoms with Gasteiger partial charge in [-0.2, -0.15) is 0 Å². The second-order valence-corrected chi connectivity index (χ2v) is 13.8. The molecule has 0 spiro atoms. The van der Waals surface area contributed by atoms with Crippen LogP contribution in [0.25, 0.3) is 0 Å². The highest BCUT2D eigenvalue weighted by Crippen LogP contribution is 2.53. The Bertz CT molecular complexity index is 1990. The fourth-order valence-corrected chi connectivity index (χ4v) is 8.32. The molecule has 1 saturated heterocycles. The van der Waals surface area contributed by atoms with Crippen LogP contribution in [0.3, 0.4) is 0 Å². The van der Waals surface area contributed by atoms with Gasteiger partial charge in [-0.3, -0.25) is 19.2 Å². The molecule has 0 bridgehead atoms. The number of imide groups is 1. The molecule has 0 unspecified atom stereocenters. The highest BCUT2D eigenvalue weighted by atomic mass is 32.2. The van der Waals surface area contributed by atoms with Gasteiger partial charge in [0.1, 0.15) is 11.1 Å². The van der Waals surface area contributed by atoms with Crippen molar-refractivity contribution in [2.45, 2.75) is 21.1 Å². The molecule has 4 N–H and O–H groups in total. The van der Waals surface area contributed by atoms with E-state index in [4.69, 9.17) is 14.6 Å². The van der Waals surface area contributed by atoms with E-state index < -0.39 is 57.3 Å².